The molecular weight excluding hydrogens is 363 g/mol. The van der Waals surface area contributed by atoms with Crippen LogP contribution in [0.1, 0.15) is 47.2 Å². The number of fused-ring (bicyclic) bond motifs is 1. The van der Waals surface area contributed by atoms with Crippen molar-refractivity contribution < 1.29 is 18.8 Å². The van der Waals surface area contributed by atoms with Crippen LogP contribution in [-0.4, -0.2) is 54.0 Å². The lowest BCUT2D eigenvalue weighted by Gasteiger charge is -2.30. The summed E-state index contributed by atoms with van der Waals surface area (Å²) in [6.45, 7) is 2.17. The van der Waals surface area contributed by atoms with Gasteiger partial charge in [-0.1, -0.05) is 18.2 Å². The van der Waals surface area contributed by atoms with Gasteiger partial charge in [-0.2, -0.15) is 0 Å². The quantitative estimate of drug-likeness (QED) is 0.644. The summed E-state index contributed by atoms with van der Waals surface area (Å²) in [6, 6.07) is 5.00. The number of carbonyl (C=O) groups excluding carboxylic acids is 3. The monoisotopic (exact) mass is 388 g/mol. The second-order valence-electron chi connectivity index (χ2n) is 7.89. The van der Waals surface area contributed by atoms with E-state index in [9.17, 15) is 18.8 Å². The lowest BCUT2D eigenvalue weighted by atomic mass is 9.96. The number of piperidine rings is 2. The fraction of sp³-hybridized carbons (Fsp3) is 0.550. The number of nitrogens with zero attached hydrogens (tertiary/aromatic N) is 1. The maximum absolute atomic E-state index is 14.7. The van der Waals surface area contributed by atoms with E-state index >= 15 is 0 Å². The summed E-state index contributed by atoms with van der Waals surface area (Å²) in [6.07, 6.45) is 1.92. The van der Waals surface area contributed by atoms with Crippen molar-refractivity contribution in [2.45, 2.75) is 50.5 Å². The summed E-state index contributed by atoms with van der Waals surface area (Å²) in [4.78, 5) is 38.1. The summed E-state index contributed by atoms with van der Waals surface area (Å²) in [7, 11) is 0. The van der Waals surface area contributed by atoms with Crippen LogP contribution < -0.4 is 16.0 Å². The Kier molecular flexibility index (Phi) is 5.16. The molecule has 3 aliphatic rings. The van der Waals surface area contributed by atoms with Crippen LogP contribution in [0.3, 0.4) is 0 Å². The van der Waals surface area contributed by atoms with Crippen LogP contribution in [-0.2, 0) is 22.7 Å². The molecular formula is C20H25FN4O3. The molecule has 0 aliphatic carbocycles. The van der Waals surface area contributed by atoms with Crippen LogP contribution >= 0.6 is 0 Å². The number of alkyl halides is 1. The first kappa shape index (κ1) is 19.0. The highest BCUT2D eigenvalue weighted by Crippen LogP contribution is 2.30. The molecule has 1 aromatic rings. The standard InChI is InChI=1S/C20H25FN4O3/c21-20(7-2-8-22-11-20)12-23-9-13-3-1-4-14-10-25(19(28)17(13)14)15-5-6-16(26)24-18(15)27/h1,3-4,15,22-23H,2,5-12H2,(H,24,26,27). The first-order valence-corrected chi connectivity index (χ1v) is 9.83. The number of amides is 3. The average Bonchev–Trinajstić information content (AvgIpc) is 3.00. The van der Waals surface area contributed by atoms with Crippen molar-refractivity contribution >= 4 is 17.7 Å². The summed E-state index contributed by atoms with van der Waals surface area (Å²) in [5.41, 5.74) is 1.00. The normalized spacial score (nSPS) is 27.7. The van der Waals surface area contributed by atoms with E-state index in [1.807, 2.05) is 18.2 Å². The molecule has 0 saturated carbocycles. The highest BCUT2D eigenvalue weighted by molar-refractivity contribution is 6.05. The number of hydrogen-bond donors (Lipinski definition) is 3. The Morgan fingerprint density at radius 2 is 2.14 bits per heavy atom. The van der Waals surface area contributed by atoms with Crippen molar-refractivity contribution in [2.75, 3.05) is 19.6 Å². The zero-order valence-corrected chi connectivity index (χ0v) is 15.7. The maximum Gasteiger partial charge on any atom is 0.255 e. The predicted molar refractivity (Wildman–Crippen MR) is 100 cm³/mol. The Morgan fingerprint density at radius 3 is 2.89 bits per heavy atom. The molecule has 150 valence electrons. The summed E-state index contributed by atoms with van der Waals surface area (Å²) in [5, 5.41) is 8.56. The zero-order chi connectivity index (χ0) is 19.7. The van der Waals surface area contributed by atoms with E-state index in [0.29, 0.717) is 38.0 Å². The van der Waals surface area contributed by atoms with E-state index in [0.717, 1.165) is 24.1 Å². The second-order valence-corrected chi connectivity index (χ2v) is 7.89. The van der Waals surface area contributed by atoms with Gasteiger partial charge in [0.2, 0.25) is 11.8 Å². The average molecular weight is 388 g/mol. The van der Waals surface area contributed by atoms with Gasteiger partial charge in [0.25, 0.3) is 5.91 Å². The third-order valence-electron chi connectivity index (χ3n) is 5.82. The van der Waals surface area contributed by atoms with Crippen LogP contribution in [0.2, 0.25) is 0 Å². The van der Waals surface area contributed by atoms with Crippen molar-refractivity contribution in [1.29, 1.82) is 0 Å². The largest absolute Gasteiger partial charge is 0.322 e. The smallest absolute Gasteiger partial charge is 0.255 e. The van der Waals surface area contributed by atoms with E-state index < -0.39 is 17.6 Å². The molecule has 2 atom stereocenters. The predicted octanol–water partition coefficient (Wildman–Crippen LogP) is 0.629. The minimum absolute atomic E-state index is 0.198. The van der Waals surface area contributed by atoms with Crippen LogP contribution in [0.25, 0.3) is 0 Å². The van der Waals surface area contributed by atoms with E-state index in [-0.39, 0.29) is 24.8 Å². The van der Waals surface area contributed by atoms with Gasteiger partial charge in [0, 0.05) is 38.2 Å². The molecule has 3 heterocycles. The Labute approximate surface area is 163 Å². The van der Waals surface area contributed by atoms with Gasteiger partial charge in [-0.15, -0.1) is 0 Å². The van der Waals surface area contributed by atoms with E-state index in [4.69, 9.17) is 0 Å². The lowest BCUT2D eigenvalue weighted by Crippen LogP contribution is -2.52. The molecule has 0 bridgehead atoms. The number of hydrogen-bond acceptors (Lipinski definition) is 5. The Hall–Kier alpha value is -2.32. The van der Waals surface area contributed by atoms with Gasteiger partial charge in [-0.3, -0.25) is 19.7 Å². The van der Waals surface area contributed by atoms with Crippen molar-refractivity contribution in [3.63, 3.8) is 0 Å². The third kappa shape index (κ3) is 3.66. The number of rotatable bonds is 5. The fourth-order valence-corrected chi connectivity index (χ4v) is 4.34. The van der Waals surface area contributed by atoms with E-state index in [1.54, 1.807) is 0 Å². The molecule has 0 radical (unpaired) electrons. The van der Waals surface area contributed by atoms with Crippen molar-refractivity contribution in [3.05, 3.63) is 34.9 Å². The Balaban J connectivity index is 1.44. The van der Waals surface area contributed by atoms with Gasteiger partial charge in [0.05, 0.1) is 0 Å². The molecule has 2 fully saturated rings. The minimum atomic E-state index is -1.26. The van der Waals surface area contributed by atoms with Gasteiger partial charge in [0.1, 0.15) is 11.7 Å². The molecule has 2 saturated heterocycles. The summed E-state index contributed by atoms with van der Waals surface area (Å²) >= 11 is 0. The number of benzene rings is 1. The van der Waals surface area contributed by atoms with E-state index in [2.05, 4.69) is 16.0 Å². The molecule has 4 rings (SSSR count). The number of nitrogens with one attached hydrogen (secondary N) is 3. The number of halogens is 1. The SMILES string of the molecule is O=C1CCC(N2Cc3cccc(CNCC4(F)CCCNC4)c3C2=O)C(=O)N1. The van der Waals surface area contributed by atoms with Gasteiger partial charge in [-0.05, 0) is 36.9 Å². The molecule has 3 amide bonds. The van der Waals surface area contributed by atoms with Crippen LogP contribution in [0.4, 0.5) is 4.39 Å². The zero-order valence-electron chi connectivity index (χ0n) is 15.7. The molecule has 3 aliphatic heterocycles. The van der Waals surface area contributed by atoms with Crippen LogP contribution in [0, 0.1) is 0 Å². The molecule has 0 spiro atoms. The highest BCUT2D eigenvalue weighted by Gasteiger charge is 2.40. The molecule has 1 aromatic carbocycles. The molecule has 3 N–H and O–H groups in total. The van der Waals surface area contributed by atoms with Crippen LogP contribution in [0.5, 0.6) is 0 Å². The Morgan fingerprint density at radius 1 is 1.29 bits per heavy atom. The molecule has 28 heavy (non-hydrogen) atoms. The van der Waals surface area contributed by atoms with Crippen molar-refractivity contribution in [1.82, 2.24) is 20.9 Å². The second kappa shape index (κ2) is 7.60. The summed E-state index contributed by atoms with van der Waals surface area (Å²) in [5.74, 6) is -0.912. The molecule has 7 nitrogen and oxygen atoms in total. The number of imide groups is 1. The minimum Gasteiger partial charge on any atom is -0.322 e. The maximum atomic E-state index is 14.7. The van der Waals surface area contributed by atoms with Gasteiger partial charge >= 0.3 is 0 Å². The van der Waals surface area contributed by atoms with Gasteiger partial charge in [-0.25, -0.2) is 4.39 Å². The number of carbonyl (C=O) groups is 3. The first-order chi connectivity index (χ1) is 13.5. The highest BCUT2D eigenvalue weighted by atomic mass is 19.1. The van der Waals surface area contributed by atoms with Gasteiger partial charge in [0.15, 0.2) is 0 Å². The molecule has 2 unspecified atom stereocenters. The van der Waals surface area contributed by atoms with Crippen molar-refractivity contribution in [2.24, 2.45) is 0 Å². The third-order valence-corrected chi connectivity index (χ3v) is 5.82. The summed E-state index contributed by atoms with van der Waals surface area (Å²) < 4.78 is 14.7. The Bertz CT molecular complexity index is 807. The molecule has 8 heteroatoms. The topological polar surface area (TPSA) is 90.5 Å². The molecule has 0 aromatic heterocycles. The fourth-order valence-electron chi connectivity index (χ4n) is 4.34. The van der Waals surface area contributed by atoms with E-state index in [1.165, 1.54) is 4.90 Å². The van der Waals surface area contributed by atoms with Crippen LogP contribution in [0.15, 0.2) is 18.2 Å². The van der Waals surface area contributed by atoms with Crippen molar-refractivity contribution in [3.8, 4) is 0 Å². The lowest BCUT2D eigenvalue weighted by molar-refractivity contribution is -0.136. The first-order valence-electron chi connectivity index (χ1n) is 9.83. The van der Waals surface area contributed by atoms with Gasteiger partial charge < -0.3 is 15.5 Å².